The lowest BCUT2D eigenvalue weighted by molar-refractivity contribution is -0.143. The summed E-state index contributed by atoms with van der Waals surface area (Å²) in [6.07, 6.45) is -0.360. The first-order valence-electron chi connectivity index (χ1n) is 10.3. The minimum Gasteiger partial charge on any atom is -0.463 e. The summed E-state index contributed by atoms with van der Waals surface area (Å²) in [6.45, 7) is 8.35. The SMILES string of the molecule is CC(=O)OC[C@@H](O[Si](c1ccccc1)(c1ccccc1)C(C)(C)C)c1ccccc1. The van der Waals surface area contributed by atoms with Gasteiger partial charge in [-0.15, -0.1) is 0 Å². The molecule has 0 aromatic heterocycles. The highest BCUT2D eigenvalue weighted by atomic mass is 28.4. The summed E-state index contributed by atoms with van der Waals surface area (Å²) in [5.74, 6) is -0.304. The summed E-state index contributed by atoms with van der Waals surface area (Å²) in [5, 5.41) is 2.25. The predicted molar refractivity (Wildman–Crippen MR) is 125 cm³/mol. The first kappa shape index (κ1) is 22.0. The van der Waals surface area contributed by atoms with E-state index in [4.69, 9.17) is 9.16 Å². The van der Waals surface area contributed by atoms with Crippen LogP contribution in [0.15, 0.2) is 91.0 Å². The molecular formula is C26H30O3Si. The molecule has 0 N–H and O–H groups in total. The van der Waals surface area contributed by atoms with Gasteiger partial charge in [-0.3, -0.25) is 4.79 Å². The van der Waals surface area contributed by atoms with Gasteiger partial charge in [0.25, 0.3) is 8.32 Å². The van der Waals surface area contributed by atoms with Crippen LogP contribution >= 0.6 is 0 Å². The number of carbonyl (C=O) groups excluding carboxylic acids is 1. The third kappa shape index (κ3) is 4.72. The molecule has 156 valence electrons. The van der Waals surface area contributed by atoms with E-state index in [1.807, 2.05) is 42.5 Å². The summed E-state index contributed by atoms with van der Waals surface area (Å²) in [5.41, 5.74) is 1.01. The molecule has 3 aromatic carbocycles. The fourth-order valence-corrected chi connectivity index (χ4v) is 8.61. The van der Waals surface area contributed by atoms with Gasteiger partial charge < -0.3 is 9.16 Å². The van der Waals surface area contributed by atoms with Gasteiger partial charge in [0, 0.05) is 6.92 Å². The van der Waals surface area contributed by atoms with E-state index in [-0.39, 0.29) is 23.7 Å². The third-order valence-corrected chi connectivity index (χ3v) is 10.4. The summed E-state index contributed by atoms with van der Waals surface area (Å²) in [7, 11) is -2.76. The van der Waals surface area contributed by atoms with Crippen LogP contribution in [0.2, 0.25) is 5.04 Å². The van der Waals surface area contributed by atoms with Crippen LogP contribution in [0.1, 0.15) is 39.4 Å². The van der Waals surface area contributed by atoms with Crippen molar-refractivity contribution in [1.29, 1.82) is 0 Å². The van der Waals surface area contributed by atoms with E-state index < -0.39 is 8.32 Å². The first-order valence-corrected chi connectivity index (χ1v) is 12.2. The Balaban J connectivity index is 2.18. The maximum Gasteiger partial charge on any atom is 0.302 e. The number of carbonyl (C=O) groups is 1. The van der Waals surface area contributed by atoms with Crippen molar-refractivity contribution in [2.45, 2.75) is 38.8 Å². The summed E-state index contributed by atoms with van der Waals surface area (Å²) >= 11 is 0. The predicted octanol–water partition coefficient (Wildman–Crippen LogP) is 4.87. The van der Waals surface area contributed by atoms with Gasteiger partial charge in [-0.25, -0.2) is 0 Å². The number of ether oxygens (including phenoxy) is 1. The number of benzene rings is 3. The lowest BCUT2D eigenvalue weighted by Gasteiger charge is -2.45. The maximum atomic E-state index is 11.6. The monoisotopic (exact) mass is 418 g/mol. The molecule has 0 aliphatic rings. The fourth-order valence-electron chi connectivity index (χ4n) is 3.96. The van der Waals surface area contributed by atoms with Gasteiger partial charge >= 0.3 is 5.97 Å². The van der Waals surface area contributed by atoms with Gasteiger partial charge in [0.15, 0.2) is 0 Å². The molecule has 0 unspecified atom stereocenters. The van der Waals surface area contributed by atoms with Crippen molar-refractivity contribution >= 4 is 24.7 Å². The normalized spacial score (nSPS) is 12.9. The van der Waals surface area contributed by atoms with Crippen LogP contribution in [0.4, 0.5) is 0 Å². The summed E-state index contributed by atoms with van der Waals surface area (Å²) < 4.78 is 12.6. The molecule has 3 rings (SSSR count). The Kier molecular flexibility index (Phi) is 6.90. The van der Waals surface area contributed by atoms with E-state index in [2.05, 4.69) is 69.3 Å². The quantitative estimate of drug-likeness (QED) is 0.406. The van der Waals surface area contributed by atoms with Crippen molar-refractivity contribution in [2.24, 2.45) is 0 Å². The van der Waals surface area contributed by atoms with Crippen LogP contribution in [-0.2, 0) is 14.0 Å². The molecule has 3 aromatic rings. The number of esters is 1. The Bertz CT molecular complexity index is 895. The number of rotatable bonds is 7. The average molecular weight is 419 g/mol. The van der Waals surface area contributed by atoms with E-state index in [0.29, 0.717) is 0 Å². The molecule has 0 aliphatic carbocycles. The zero-order valence-electron chi connectivity index (χ0n) is 18.2. The summed E-state index contributed by atoms with van der Waals surface area (Å²) in [6, 6.07) is 31.0. The molecule has 0 amide bonds. The van der Waals surface area contributed by atoms with Crippen LogP contribution in [0.5, 0.6) is 0 Å². The molecule has 0 saturated carbocycles. The highest BCUT2D eigenvalue weighted by molar-refractivity contribution is 6.99. The Morgan fingerprint density at radius 3 is 1.63 bits per heavy atom. The molecule has 0 aliphatic heterocycles. The summed E-state index contributed by atoms with van der Waals surface area (Å²) in [4.78, 5) is 11.6. The lowest BCUT2D eigenvalue weighted by atomic mass is 10.1. The Labute approximate surface area is 180 Å². The minimum absolute atomic E-state index is 0.154. The van der Waals surface area contributed by atoms with Crippen molar-refractivity contribution in [3.63, 3.8) is 0 Å². The topological polar surface area (TPSA) is 35.5 Å². The molecule has 4 heteroatoms. The number of hydrogen-bond acceptors (Lipinski definition) is 3. The van der Waals surface area contributed by atoms with Crippen LogP contribution in [0, 0.1) is 0 Å². The van der Waals surface area contributed by atoms with E-state index >= 15 is 0 Å². The van der Waals surface area contributed by atoms with Crippen molar-refractivity contribution in [3.05, 3.63) is 96.6 Å². The fraction of sp³-hybridized carbons (Fsp3) is 0.269. The standard InChI is InChI=1S/C26H30O3Si/c1-21(27)28-20-25(22-14-8-5-9-15-22)29-30(26(2,3)4,23-16-10-6-11-17-23)24-18-12-7-13-19-24/h5-19,25H,20H2,1-4H3/t25-/m1/s1. The van der Waals surface area contributed by atoms with E-state index in [9.17, 15) is 4.79 Å². The Hall–Kier alpha value is -2.69. The molecule has 0 bridgehead atoms. The maximum absolute atomic E-state index is 11.6. The van der Waals surface area contributed by atoms with Crippen molar-refractivity contribution in [2.75, 3.05) is 6.61 Å². The Morgan fingerprint density at radius 1 is 0.800 bits per heavy atom. The highest BCUT2D eigenvalue weighted by Gasteiger charge is 2.51. The van der Waals surface area contributed by atoms with Gasteiger partial charge in [-0.1, -0.05) is 112 Å². The van der Waals surface area contributed by atoms with E-state index in [1.54, 1.807) is 0 Å². The van der Waals surface area contributed by atoms with E-state index in [1.165, 1.54) is 17.3 Å². The minimum atomic E-state index is -2.76. The molecule has 0 heterocycles. The third-order valence-electron chi connectivity index (χ3n) is 5.35. The van der Waals surface area contributed by atoms with E-state index in [0.717, 1.165) is 5.56 Å². The molecular weight excluding hydrogens is 388 g/mol. The molecule has 30 heavy (non-hydrogen) atoms. The van der Waals surface area contributed by atoms with Crippen LogP contribution in [-0.4, -0.2) is 20.9 Å². The zero-order chi connectivity index (χ0) is 21.6. The van der Waals surface area contributed by atoms with Crippen LogP contribution in [0.3, 0.4) is 0 Å². The van der Waals surface area contributed by atoms with Crippen LogP contribution in [0.25, 0.3) is 0 Å². The smallest absolute Gasteiger partial charge is 0.302 e. The second-order valence-electron chi connectivity index (χ2n) is 8.48. The van der Waals surface area contributed by atoms with Gasteiger partial charge in [-0.05, 0) is 21.0 Å². The van der Waals surface area contributed by atoms with Crippen LogP contribution < -0.4 is 10.4 Å². The van der Waals surface area contributed by atoms with Crippen molar-refractivity contribution in [1.82, 2.24) is 0 Å². The second kappa shape index (κ2) is 9.41. The average Bonchev–Trinajstić information content (AvgIpc) is 2.75. The molecule has 0 fully saturated rings. The van der Waals surface area contributed by atoms with Crippen molar-refractivity contribution in [3.8, 4) is 0 Å². The van der Waals surface area contributed by atoms with Gasteiger partial charge in [0.1, 0.15) is 12.7 Å². The second-order valence-corrected chi connectivity index (χ2v) is 12.7. The molecule has 1 atom stereocenters. The first-order chi connectivity index (χ1) is 14.3. The molecule has 0 saturated heterocycles. The molecule has 0 spiro atoms. The van der Waals surface area contributed by atoms with Gasteiger partial charge in [-0.2, -0.15) is 0 Å². The van der Waals surface area contributed by atoms with Crippen molar-refractivity contribution < 1.29 is 14.0 Å². The molecule has 3 nitrogen and oxygen atoms in total. The van der Waals surface area contributed by atoms with Gasteiger partial charge in [0.05, 0.1) is 0 Å². The highest BCUT2D eigenvalue weighted by Crippen LogP contribution is 2.39. The molecule has 0 radical (unpaired) electrons. The largest absolute Gasteiger partial charge is 0.463 e. The lowest BCUT2D eigenvalue weighted by Crippen LogP contribution is -2.67. The Morgan fingerprint density at radius 2 is 1.23 bits per heavy atom. The number of hydrogen-bond donors (Lipinski definition) is 0. The van der Waals surface area contributed by atoms with Gasteiger partial charge in [0.2, 0.25) is 0 Å². The zero-order valence-corrected chi connectivity index (χ0v) is 19.2.